The number of hydrogen-bond donors (Lipinski definition) is 0. The Hall–Kier alpha value is -1.53. The largest absolute Gasteiger partial charge is 0.333 e. The molecule has 0 atom stereocenters. The Morgan fingerprint density at radius 3 is 2.76 bits per heavy atom. The summed E-state index contributed by atoms with van der Waals surface area (Å²) in [7, 11) is 0. The molecule has 0 aromatic carbocycles. The standard InChI is InChI=1S/C11H9N3OS2/c1-6-9(17-7(2)12-6)11-13-10(14-15-11)8-3-4-16-5-8/h3-5H,1-2H3. The maximum absolute atomic E-state index is 5.28. The molecule has 0 aliphatic rings. The molecule has 0 aliphatic heterocycles. The summed E-state index contributed by atoms with van der Waals surface area (Å²) >= 11 is 3.19. The van der Waals surface area contributed by atoms with Gasteiger partial charge in [-0.05, 0) is 25.3 Å². The van der Waals surface area contributed by atoms with E-state index in [-0.39, 0.29) is 0 Å². The Morgan fingerprint density at radius 1 is 1.24 bits per heavy atom. The van der Waals surface area contributed by atoms with Gasteiger partial charge in [-0.25, -0.2) is 4.98 Å². The van der Waals surface area contributed by atoms with Gasteiger partial charge in [-0.1, -0.05) is 5.16 Å². The van der Waals surface area contributed by atoms with Crippen LogP contribution in [0.5, 0.6) is 0 Å². The van der Waals surface area contributed by atoms with Crippen LogP contribution in [0.4, 0.5) is 0 Å². The predicted octanol–water partition coefficient (Wildman–Crippen LogP) is 3.54. The van der Waals surface area contributed by atoms with Gasteiger partial charge in [-0.2, -0.15) is 16.3 Å². The molecule has 0 amide bonds. The summed E-state index contributed by atoms with van der Waals surface area (Å²) in [6, 6.07) is 1.98. The summed E-state index contributed by atoms with van der Waals surface area (Å²) in [4.78, 5) is 9.70. The Bertz CT molecular complexity index is 640. The molecule has 0 bridgehead atoms. The predicted molar refractivity (Wildman–Crippen MR) is 68.2 cm³/mol. The lowest BCUT2D eigenvalue weighted by Crippen LogP contribution is -1.79. The van der Waals surface area contributed by atoms with Gasteiger partial charge in [-0.3, -0.25) is 0 Å². The fraction of sp³-hybridized carbons (Fsp3) is 0.182. The van der Waals surface area contributed by atoms with Crippen molar-refractivity contribution in [3.05, 3.63) is 27.5 Å². The highest BCUT2D eigenvalue weighted by atomic mass is 32.1. The number of thiazole rings is 1. The van der Waals surface area contributed by atoms with E-state index >= 15 is 0 Å². The lowest BCUT2D eigenvalue weighted by atomic mass is 10.3. The molecule has 3 aromatic heterocycles. The van der Waals surface area contributed by atoms with Crippen LogP contribution >= 0.6 is 22.7 Å². The minimum absolute atomic E-state index is 0.550. The van der Waals surface area contributed by atoms with Gasteiger partial charge in [0.2, 0.25) is 5.82 Å². The molecule has 0 fully saturated rings. The average Bonchev–Trinajstić information content (AvgIpc) is 2.97. The first-order valence-electron chi connectivity index (χ1n) is 5.05. The van der Waals surface area contributed by atoms with Gasteiger partial charge in [0.25, 0.3) is 5.89 Å². The lowest BCUT2D eigenvalue weighted by Gasteiger charge is -1.87. The molecule has 3 heterocycles. The highest BCUT2D eigenvalue weighted by Crippen LogP contribution is 2.30. The average molecular weight is 263 g/mol. The van der Waals surface area contributed by atoms with E-state index in [2.05, 4.69) is 15.1 Å². The van der Waals surface area contributed by atoms with Gasteiger partial charge >= 0.3 is 0 Å². The first-order chi connectivity index (χ1) is 8.24. The molecular weight excluding hydrogens is 254 g/mol. The Labute approximate surface area is 106 Å². The van der Waals surface area contributed by atoms with Crippen LogP contribution in [-0.4, -0.2) is 15.1 Å². The zero-order chi connectivity index (χ0) is 11.8. The third-order valence-corrected chi connectivity index (χ3v) is 4.05. The second-order valence-corrected chi connectivity index (χ2v) is 5.57. The molecule has 17 heavy (non-hydrogen) atoms. The van der Waals surface area contributed by atoms with Gasteiger partial charge in [0.05, 0.1) is 10.7 Å². The first kappa shape index (κ1) is 10.6. The molecule has 0 unspecified atom stereocenters. The van der Waals surface area contributed by atoms with Crippen molar-refractivity contribution in [2.45, 2.75) is 13.8 Å². The van der Waals surface area contributed by atoms with E-state index in [4.69, 9.17) is 4.52 Å². The maximum atomic E-state index is 5.28. The van der Waals surface area contributed by atoms with Gasteiger partial charge in [0, 0.05) is 10.9 Å². The van der Waals surface area contributed by atoms with Crippen LogP contribution in [0.15, 0.2) is 21.3 Å². The fourth-order valence-electron chi connectivity index (χ4n) is 1.55. The molecule has 0 N–H and O–H groups in total. The highest BCUT2D eigenvalue weighted by Gasteiger charge is 2.15. The quantitative estimate of drug-likeness (QED) is 0.709. The van der Waals surface area contributed by atoms with Crippen LogP contribution in [0.2, 0.25) is 0 Å². The van der Waals surface area contributed by atoms with Crippen molar-refractivity contribution in [2.75, 3.05) is 0 Å². The second-order valence-electron chi connectivity index (χ2n) is 3.58. The highest BCUT2D eigenvalue weighted by molar-refractivity contribution is 7.15. The molecule has 0 saturated carbocycles. The molecule has 3 aromatic rings. The van der Waals surface area contributed by atoms with E-state index in [1.165, 1.54) is 0 Å². The van der Waals surface area contributed by atoms with Gasteiger partial charge < -0.3 is 4.52 Å². The zero-order valence-electron chi connectivity index (χ0n) is 9.30. The van der Waals surface area contributed by atoms with Crippen LogP contribution in [0, 0.1) is 13.8 Å². The van der Waals surface area contributed by atoms with Crippen LogP contribution < -0.4 is 0 Å². The van der Waals surface area contributed by atoms with Crippen LogP contribution in [0.1, 0.15) is 10.7 Å². The van der Waals surface area contributed by atoms with Crippen LogP contribution in [-0.2, 0) is 0 Å². The molecule has 0 saturated heterocycles. The molecule has 3 rings (SSSR count). The zero-order valence-corrected chi connectivity index (χ0v) is 10.9. The summed E-state index contributed by atoms with van der Waals surface area (Å²) in [5.41, 5.74) is 1.93. The van der Waals surface area contributed by atoms with E-state index in [1.54, 1.807) is 22.7 Å². The van der Waals surface area contributed by atoms with Crippen molar-refractivity contribution in [1.29, 1.82) is 0 Å². The molecule has 0 aliphatic carbocycles. The SMILES string of the molecule is Cc1nc(C)c(-c2nc(-c3ccsc3)no2)s1. The molecule has 6 heteroatoms. The maximum Gasteiger partial charge on any atom is 0.270 e. The van der Waals surface area contributed by atoms with Crippen molar-refractivity contribution in [1.82, 2.24) is 15.1 Å². The molecular formula is C11H9N3OS2. The van der Waals surface area contributed by atoms with Crippen molar-refractivity contribution < 1.29 is 4.52 Å². The number of thiophene rings is 1. The third kappa shape index (κ3) is 1.89. The number of rotatable bonds is 2. The topological polar surface area (TPSA) is 51.8 Å². The van der Waals surface area contributed by atoms with Crippen molar-refractivity contribution >= 4 is 22.7 Å². The van der Waals surface area contributed by atoms with Crippen LogP contribution in [0.3, 0.4) is 0 Å². The first-order valence-corrected chi connectivity index (χ1v) is 6.80. The summed E-state index contributed by atoms with van der Waals surface area (Å²) in [5, 5.41) is 8.98. The monoisotopic (exact) mass is 263 g/mol. The van der Waals surface area contributed by atoms with Crippen LogP contribution in [0.25, 0.3) is 22.2 Å². The Morgan fingerprint density at radius 2 is 2.12 bits per heavy atom. The minimum Gasteiger partial charge on any atom is -0.333 e. The van der Waals surface area contributed by atoms with E-state index in [0.717, 1.165) is 21.1 Å². The van der Waals surface area contributed by atoms with Gasteiger partial charge in [-0.15, -0.1) is 11.3 Å². The normalized spacial score (nSPS) is 10.9. The number of aryl methyl sites for hydroxylation is 2. The van der Waals surface area contributed by atoms with Crippen molar-refractivity contribution in [2.24, 2.45) is 0 Å². The fourth-order valence-corrected chi connectivity index (χ4v) is 3.03. The smallest absolute Gasteiger partial charge is 0.270 e. The summed E-state index contributed by atoms with van der Waals surface area (Å²) < 4.78 is 5.28. The van der Waals surface area contributed by atoms with E-state index in [9.17, 15) is 0 Å². The molecule has 4 nitrogen and oxygen atoms in total. The van der Waals surface area contributed by atoms with E-state index < -0.39 is 0 Å². The van der Waals surface area contributed by atoms with E-state index in [0.29, 0.717) is 11.7 Å². The lowest BCUT2D eigenvalue weighted by molar-refractivity contribution is 0.433. The molecule has 0 spiro atoms. The number of hydrogen-bond acceptors (Lipinski definition) is 6. The van der Waals surface area contributed by atoms with Gasteiger partial charge in [0.1, 0.15) is 4.88 Å². The summed E-state index contributed by atoms with van der Waals surface area (Å²) in [6.07, 6.45) is 0. The van der Waals surface area contributed by atoms with E-state index in [1.807, 2.05) is 30.7 Å². The van der Waals surface area contributed by atoms with Crippen molar-refractivity contribution in [3.8, 4) is 22.2 Å². The Kier molecular flexibility index (Phi) is 2.53. The van der Waals surface area contributed by atoms with Crippen molar-refractivity contribution in [3.63, 3.8) is 0 Å². The number of aromatic nitrogens is 3. The van der Waals surface area contributed by atoms with Gasteiger partial charge in [0.15, 0.2) is 0 Å². The molecule has 0 radical (unpaired) electrons. The number of nitrogens with zero attached hydrogens (tertiary/aromatic N) is 3. The third-order valence-electron chi connectivity index (χ3n) is 2.30. The Balaban J connectivity index is 2.03. The summed E-state index contributed by atoms with van der Waals surface area (Å²) in [5.74, 6) is 1.18. The summed E-state index contributed by atoms with van der Waals surface area (Å²) in [6.45, 7) is 3.92. The molecule has 86 valence electrons. The second kappa shape index (κ2) is 4.05. The minimum atomic E-state index is 0.550.